The number of hydrogen-bond donors (Lipinski definition) is 1. The lowest BCUT2D eigenvalue weighted by atomic mass is 10.2. The van der Waals surface area contributed by atoms with Gasteiger partial charge in [-0.2, -0.15) is 0 Å². The highest BCUT2D eigenvalue weighted by Gasteiger charge is 2.09. The van der Waals surface area contributed by atoms with Crippen LogP contribution in [0.3, 0.4) is 0 Å². The Morgan fingerprint density at radius 3 is 2.88 bits per heavy atom. The minimum Gasteiger partial charge on any atom is -0.390 e. The molecule has 0 saturated carbocycles. The molecule has 0 spiro atoms. The van der Waals surface area contributed by atoms with E-state index in [4.69, 9.17) is 0 Å². The second kappa shape index (κ2) is 3.95. The number of hydrogen-bond acceptors (Lipinski definition) is 4. The fraction of sp³-hybridized carbons (Fsp3) is 0.0833. The Bertz CT molecular complexity index is 662. The van der Waals surface area contributed by atoms with Gasteiger partial charge in [0.2, 0.25) is 0 Å². The third-order valence-electron chi connectivity index (χ3n) is 2.60. The van der Waals surface area contributed by atoms with Crippen LogP contribution in [0.1, 0.15) is 5.69 Å². The van der Waals surface area contributed by atoms with E-state index >= 15 is 0 Å². The van der Waals surface area contributed by atoms with Gasteiger partial charge in [0.1, 0.15) is 5.52 Å². The van der Waals surface area contributed by atoms with E-state index < -0.39 is 0 Å². The molecule has 3 rings (SSSR count). The molecule has 0 amide bonds. The van der Waals surface area contributed by atoms with E-state index in [-0.39, 0.29) is 6.61 Å². The fourth-order valence-corrected chi connectivity index (χ4v) is 1.79. The van der Waals surface area contributed by atoms with Gasteiger partial charge >= 0.3 is 0 Å². The van der Waals surface area contributed by atoms with Gasteiger partial charge in [0.15, 0.2) is 0 Å². The number of aromatic nitrogens is 4. The van der Waals surface area contributed by atoms with Crippen LogP contribution in [-0.4, -0.2) is 25.1 Å². The molecule has 0 unspecified atom stereocenters. The number of aliphatic hydroxyl groups excluding tert-OH is 1. The Kier molecular flexibility index (Phi) is 2.31. The number of fused-ring (bicyclic) bond motifs is 1. The summed E-state index contributed by atoms with van der Waals surface area (Å²) in [4.78, 5) is 4.12. The maximum Gasteiger partial charge on any atom is 0.113 e. The van der Waals surface area contributed by atoms with Crippen molar-refractivity contribution in [2.75, 3.05) is 0 Å². The second-order valence-corrected chi connectivity index (χ2v) is 3.62. The fourth-order valence-electron chi connectivity index (χ4n) is 1.79. The van der Waals surface area contributed by atoms with Crippen molar-refractivity contribution < 1.29 is 5.11 Å². The van der Waals surface area contributed by atoms with Crippen molar-refractivity contribution in [2.24, 2.45) is 0 Å². The molecule has 0 aliphatic heterocycles. The van der Waals surface area contributed by atoms with Crippen LogP contribution in [0, 0.1) is 0 Å². The molecule has 84 valence electrons. The van der Waals surface area contributed by atoms with Crippen molar-refractivity contribution >= 4 is 11.0 Å². The first-order chi connectivity index (χ1) is 8.40. The Morgan fingerprint density at radius 2 is 2.00 bits per heavy atom. The van der Waals surface area contributed by atoms with Crippen LogP contribution >= 0.6 is 0 Å². The Balaban J connectivity index is 2.27. The van der Waals surface area contributed by atoms with Crippen LogP contribution < -0.4 is 0 Å². The van der Waals surface area contributed by atoms with Crippen LogP contribution in [0.4, 0.5) is 0 Å². The molecule has 0 fully saturated rings. The Hall–Kier alpha value is -2.27. The van der Waals surface area contributed by atoms with E-state index in [1.807, 2.05) is 36.4 Å². The van der Waals surface area contributed by atoms with Gasteiger partial charge in [-0.15, -0.1) is 5.10 Å². The number of aliphatic hydroxyl groups is 1. The smallest absolute Gasteiger partial charge is 0.113 e. The van der Waals surface area contributed by atoms with Crippen molar-refractivity contribution in [1.29, 1.82) is 0 Å². The van der Waals surface area contributed by atoms with Gasteiger partial charge < -0.3 is 5.11 Å². The van der Waals surface area contributed by atoms with E-state index in [1.165, 1.54) is 0 Å². The maximum atomic E-state index is 9.27. The quantitative estimate of drug-likeness (QED) is 0.715. The molecule has 0 aliphatic rings. The van der Waals surface area contributed by atoms with Crippen LogP contribution in [0.15, 0.2) is 42.6 Å². The molecule has 3 aromatic rings. The highest BCUT2D eigenvalue weighted by Crippen LogP contribution is 2.17. The summed E-state index contributed by atoms with van der Waals surface area (Å²) in [5.41, 5.74) is 3.06. The zero-order chi connectivity index (χ0) is 11.7. The van der Waals surface area contributed by atoms with Crippen molar-refractivity contribution in [2.45, 2.75) is 6.61 Å². The number of benzene rings is 1. The van der Waals surface area contributed by atoms with Crippen LogP contribution in [-0.2, 0) is 6.61 Å². The topological polar surface area (TPSA) is 63.8 Å². The van der Waals surface area contributed by atoms with Gasteiger partial charge in [-0.25, -0.2) is 4.68 Å². The minimum absolute atomic E-state index is 0.121. The summed E-state index contributed by atoms with van der Waals surface area (Å²) in [7, 11) is 0. The summed E-state index contributed by atoms with van der Waals surface area (Å²) in [5, 5.41) is 17.4. The predicted molar refractivity (Wildman–Crippen MR) is 62.6 cm³/mol. The lowest BCUT2D eigenvalue weighted by Crippen LogP contribution is -2.03. The number of nitrogens with zero attached hydrogens (tertiary/aromatic N) is 4. The van der Waals surface area contributed by atoms with E-state index in [9.17, 15) is 5.11 Å². The lowest BCUT2D eigenvalue weighted by Gasteiger charge is -2.05. The van der Waals surface area contributed by atoms with Crippen molar-refractivity contribution in [3.8, 4) is 5.69 Å². The Labute approximate surface area is 97.3 Å². The SMILES string of the molecule is OCc1ncccc1-n1nnc2ccccc21. The Morgan fingerprint density at radius 1 is 1.12 bits per heavy atom. The zero-order valence-corrected chi connectivity index (χ0v) is 8.98. The summed E-state index contributed by atoms with van der Waals surface area (Å²) in [6.45, 7) is -0.121. The normalized spacial score (nSPS) is 10.9. The first-order valence-corrected chi connectivity index (χ1v) is 5.26. The van der Waals surface area contributed by atoms with E-state index in [2.05, 4.69) is 15.3 Å². The molecular weight excluding hydrogens is 216 g/mol. The van der Waals surface area contributed by atoms with E-state index in [0.29, 0.717) is 5.69 Å². The summed E-state index contributed by atoms with van der Waals surface area (Å²) in [5.74, 6) is 0. The first kappa shape index (κ1) is 9.92. The molecule has 2 heterocycles. The summed E-state index contributed by atoms with van der Waals surface area (Å²) >= 11 is 0. The summed E-state index contributed by atoms with van der Waals surface area (Å²) in [6, 6.07) is 11.3. The van der Waals surface area contributed by atoms with Crippen molar-refractivity contribution in [1.82, 2.24) is 20.0 Å². The molecular formula is C12H10N4O. The standard InChI is InChI=1S/C12H10N4O/c17-8-10-12(6-3-7-13-10)16-11-5-2-1-4-9(11)14-15-16/h1-7,17H,8H2. The van der Waals surface area contributed by atoms with Gasteiger partial charge in [0, 0.05) is 6.20 Å². The van der Waals surface area contributed by atoms with Gasteiger partial charge in [-0.05, 0) is 24.3 Å². The van der Waals surface area contributed by atoms with E-state index in [1.54, 1.807) is 10.9 Å². The average Bonchev–Trinajstić information content (AvgIpc) is 2.82. The molecule has 1 aromatic carbocycles. The van der Waals surface area contributed by atoms with Gasteiger partial charge in [0.05, 0.1) is 23.5 Å². The molecule has 0 bridgehead atoms. The zero-order valence-electron chi connectivity index (χ0n) is 8.98. The molecule has 1 N–H and O–H groups in total. The highest BCUT2D eigenvalue weighted by molar-refractivity contribution is 5.76. The molecule has 2 aromatic heterocycles. The maximum absolute atomic E-state index is 9.27. The van der Waals surface area contributed by atoms with Crippen LogP contribution in [0.5, 0.6) is 0 Å². The number of para-hydroxylation sites is 1. The summed E-state index contributed by atoms with van der Waals surface area (Å²) in [6.07, 6.45) is 1.65. The lowest BCUT2D eigenvalue weighted by molar-refractivity contribution is 0.276. The van der Waals surface area contributed by atoms with Crippen LogP contribution in [0.2, 0.25) is 0 Å². The molecule has 0 radical (unpaired) electrons. The molecule has 0 atom stereocenters. The third-order valence-corrected chi connectivity index (χ3v) is 2.60. The van der Waals surface area contributed by atoms with Crippen molar-refractivity contribution in [3.05, 3.63) is 48.3 Å². The second-order valence-electron chi connectivity index (χ2n) is 3.62. The molecule has 5 heteroatoms. The van der Waals surface area contributed by atoms with E-state index in [0.717, 1.165) is 16.7 Å². The summed E-state index contributed by atoms with van der Waals surface area (Å²) < 4.78 is 1.69. The molecule has 5 nitrogen and oxygen atoms in total. The van der Waals surface area contributed by atoms with Crippen molar-refractivity contribution in [3.63, 3.8) is 0 Å². The molecule has 0 aliphatic carbocycles. The minimum atomic E-state index is -0.121. The molecule has 17 heavy (non-hydrogen) atoms. The van der Waals surface area contributed by atoms with Gasteiger partial charge in [-0.3, -0.25) is 4.98 Å². The largest absolute Gasteiger partial charge is 0.390 e. The number of rotatable bonds is 2. The van der Waals surface area contributed by atoms with Crippen LogP contribution in [0.25, 0.3) is 16.7 Å². The first-order valence-electron chi connectivity index (χ1n) is 5.26. The highest BCUT2D eigenvalue weighted by atomic mass is 16.3. The monoisotopic (exact) mass is 226 g/mol. The predicted octanol–water partition coefficient (Wildman–Crippen LogP) is 1.31. The number of pyridine rings is 1. The van der Waals surface area contributed by atoms with Gasteiger partial charge in [0.25, 0.3) is 0 Å². The third kappa shape index (κ3) is 1.57. The average molecular weight is 226 g/mol. The van der Waals surface area contributed by atoms with Gasteiger partial charge in [-0.1, -0.05) is 17.3 Å². The molecule has 0 saturated heterocycles.